The zero-order chi connectivity index (χ0) is 32.8. The molecule has 1 unspecified atom stereocenters. The summed E-state index contributed by atoms with van der Waals surface area (Å²) in [7, 11) is 1.24. The smallest absolute Gasteiger partial charge is 0.438 e. The lowest BCUT2D eigenvalue weighted by atomic mass is 9.46. The first kappa shape index (κ1) is 35.7. The van der Waals surface area contributed by atoms with Gasteiger partial charge in [0.05, 0.1) is 12.7 Å². The van der Waals surface area contributed by atoms with Gasteiger partial charge in [-0.15, -0.1) is 0 Å². The molecule has 44 heavy (non-hydrogen) atoms. The third-order valence-corrected chi connectivity index (χ3v) is 17.6. The molecule has 6 nitrogen and oxygen atoms in total. The molecule has 0 heterocycles. The lowest BCUT2D eigenvalue weighted by Crippen LogP contribution is -2.54. The quantitative estimate of drug-likeness (QED) is 0.103. The minimum absolute atomic E-state index is 0.0979. The molecule has 0 aromatic rings. The molecule has 0 radical (unpaired) electrons. The van der Waals surface area contributed by atoms with Crippen LogP contribution in [-0.2, 0) is 23.4 Å². The largest absolute Gasteiger partial charge is 0.508 e. The Balaban J connectivity index is 1.54. The van der Waals surface area contributed by atoms with Gasteiger partial charge in [0, 0.05) is 19.1 Å². The van der Waals surface area contributed by atoms with Crippen molar-refractivity contribution in [3.8, 4) is 0 Å². The van der Waals surface area contributed by atoms with Gasteiger partial charge < -0.3 is 23.4 Å². The first-order chi connectivity index (χ1) is 20.3. The van der Waals surface area contributed by atoms with Crippen LogP contribution in [0.5, 0.6) is 0 Å². The van der Waals surface area contributed by atoms with Gasteiger partial charge in [0.1, 0.15) is 12.4 Å². The van der Waals surface area contributed by atoms with E-state index in [0.717, 1.165) is 18.8 Å². The van der Waals surface area contributed by atoms with Crippen molar-refractivity contribution >= 4 is 14.5 Å². The Kier molecular flexibility index (Phi) is 10.4. The Bertz CT molecular complexity index is 1090. The minimum atomic E-state index is -1.79. The minimum Gasteiger partial charge on any atom is -0.438 e. The number of carbonyl (C=O) groups is 1. The lowest BCUT2D eigenvalue weighted by Gasteiger charge is -2.59. The highest BCUT2D eigenvalue weighted by atomic mass is 28.4. The second-order valence-electron chi connectivity index (χ2n) is 17.3. The van der Waals surface area contributed by atoms with Gasteiger partial charge in [0.2, 0.25) is 0 Å². The van der Waals surface area contributed by atoms with Gasteiger partial charge in [-0.25, -0.2) is 4.79 Å². The van der Waals surface area contributed by atoms with Crippen LogP contribution in [0.15, 0.2) is 23.8 Å². The molecule has 0 aromatic heterocycles. The van der Waals surface area contributed by atoms with Crippen LogP contribution < -0.4 is 0 Å². The molecule has 7 heteroatoms. The highest BCUT2D eigenvalue weighted by molar-refractivity contribution is 6.74. The van der Waals surface area contributed by atoms with E-state index in [-0.39, 0.29) is 34.2 Å². The summed E-state index contributed by atoms with van der Waals surface area (Å²) in [6.45, 7) is 23.4. The van der Waals surface area contributed by atoms with E-state index in [1.165, 1.54) is 45.6 Å². The van der Waals surface area contributed by atoms with Gasteiger partial charge in [-0.3, -0.25) is 0 Å². The fourth-order valence-electron chi connectivity index (χ4n) is 9.56. The zero-order valence-electron chi connectivity index (χ0n) is 30.1. The number of hydrogen-bond acceptors (Lipinski definition) is 6. The van der Waals surface area contributed by atoms with Crippen LogP contribution in [0.4, 0.5) is 4.79 Å². The van der Waals surface area contributed by atoms with Crippen molar-refractivity contribution in [1.82, 2.24) is 0 Å². The Labute approximate surface area is 270 Å². The molecular weight excluding hydrogens is 568 g/mol. The third kappa shape index (κ3) is 6.91. The fraction of sp³-hybridized carbons (Fsp3) is 0.865. The van der Waals surface area contributed by atoms with Crippen molar-refractivity contribution in [1.29, 1.82) is 0 Å². The Morgan fingerprint density at radius 1 is 1.00 bits per heavy atom. The van der Waals surface area contributed by atoms with E-state index in [2.05, 4.69) is 86.7 Å². The van der Waals surface area contributed by atoms with E-state index in [0.29, 0.717) is 24.4 Å². The molecule has 0 bridgehead atoms. The van der Waals surface area contributed by atoms with Crippen LogP contribution in [0.2, 0.25) is 18.1 Å². The number of ether oxygens (including phenoxy) is 4. The molecule has 0 spiro atoms. The van der Waals surface area contributed by atoms with Crippen molar-refractivity contribution in [3.05, 3.63) is 23.8 Å². The summed E-state index contributed by atoms with van der Waals surface area (Å²) in [5.74, 6) is 2.25. The van der Waals surface area contributed by atoms with E-state index >= 15 is 0 Å². The Hall–Kier alpha value is -1.15. The molecule has 4 rings (SSSR count). The van der Waals surface area contributed by atoms with Gasteiger partial charge >= 0.3 is 6.16 Å². The monoisotopic (exact) mass is 632 g/mol. The maximum absolute atomic E-state index is 12.6. The standard InChI is InChI=1S/C37H64O6Si/c1-33(2,3)44(11,12)43-27-18-22-35(6)26(24-27)14-15-28-29-16-17-31(36(29,7)23-19-30(28)35)37(8,42-32(38)40-10)21-13-20-34(4,5)41-25-39-9/h13-14,21,27-31H,15-20,22-25H2,1-12H3/b21-13-/t27?,28-,29-,30-,31-,35-,36-,37-/m0/s1. The number of hydrogen-bond donors (Lipinski definition) is 0. The number of allylic oxidation sites excluding steroid dienone is 1. The second kappa shape index (κ2) is 12.8. The summed E-state index contributed by atoms with van der Waals surface area (Å²) in [6.07, 6.45) is 16.7. The maximum atomic E-state index is 12.6. The van der Waals surface area contributed by atoms with Crippen LogP contribution >= 0.6 is 0 Å². The van der Waals surface area contributed by atoms with Crippen LogP contribution in [-0.4, -0.2) is 52.8 Å². The van der Waals surface area contributed by atoms with Crippen molar-refractivity contribution < 1.29 is 28.2 Å². The Morgan fingerprint density at radius 2 is 1.70 bits per heavy atom. The molecule has 0 aliphatic heterocycles. The number of carbonyl (C=O) groups excluding carboxylic acids is 1. The van der Waals surface area contributed by atoms with Crippen LogP contribution in [0.3, 0.4) is 0 Å². The topological polar surface area (TPSA) is 63.2 Å². The van der Waals surface area contributed by atoms with E-state index < -0.39 is 20.1 Å². The molecule has 252 valence electrons. The summed E-state index contributed by atoms with van der Waals surface area (Å²) in [6, 6.07) is 0. The molecule has 8 atom stereocenters. The SMILES string of the molecule is COCOC(C)(C)C/C=C\[C@](C)(OC(=O)OC)[C@H]1CC[C@H]2[C@@H]3CC=C4CC(O[Si](C)(C)C(C)(C)C)CC[C@]4(C)[C@H]3CC[C@@]21C. The van der Waals surface area contributed by atoms with Crippen LogP contribution in [0.1, 0.15) is 113 Å². The van der Waals surface area contributed by atoms with Gasteiger partial charge in [-0.2, -0.15) is 0 Å². The van der Waals surface area contributed by atoms with Crippen LogP contribution in [0.25, 0.3) is 0 Å². The average Bonchev–Trinajstić information content (AvgIpc) is 3.29. The van der Waals surface area contributed by atoms with E-state index in [4.69, 9.17) is 23.4 Å². The fourth-order valence-corrected chi connectivity index (χ4v) is 10.9. The number of fused-ring (bicyclic) bond motifs is 5. The maximum Gasteiger partial charge on any atom is 0.508 e. The zero-order valence-corrected chi connectivity index (χ0v) is 31.1. The molecule has 3 saturated carbocycles. The first-order valence-electron chi connectivity index (χ1n) is 17.3. The number of rotatable bonds is 10. The molecule has 3 fully saturated rings. The van der Waals surface area contributed by atoms with Crippen LogP contribution in [0, 0.1) is 34.5 Å². The lowest BCUT2D eigenvalue weighted by molar-refractivity contribution is -0.112. The van der Waals surface area contributed by atoms with E-state index in [1.807, 2.05) is 0 Å². The highest BCUT2D eigenvalue weighted by Crippen LogP contribution is 2.68. The molecule has 0 N–H and O–H groups in total. The average molecular weight is 633 g/mol. The molecule has 0 amide bonds. The van der Waals surface area contributed by atoms with Gasteiger partial charge in [-0.1, -0.05) is 52.3 Å². The van der Waals surface area contributed by atoms with Crippen molar-refractivity contribution in [2.45, 2.75) is 149 Å². The molecule has 4 aliphatic rings. The van der Waals surface area contributed by atoms with Crippen molar-refractivity contribution in [2.75, 3.05) is 21.0 Å². The van der Waals surface area contributed by atoms with Gasteiger partial charge in [-0.05, 0) is 131 Å². The second-order valence-corrected chi connectivity index (χ2v) is 22.1. The molecular formula is C37H64O6Si. The summed E-state index contributed by atoms with van der Waals surface area (Å²) >= 11 is 0. The normalized spacial score (nSPS) is 35.7. The predicted octanol–water partition coefficient (Wildman–Crippen LogP) is 9.84. The first-order valence-corrected chi connectivity index (χ1v) is 20.2. The van der Waals surface area contributed by atoms with E-state index in [9.17, 15) is 4.79 Å². The molecule has 0 aromatic carbocycles. The summed E-state index contributed by atoms with van der Waals surface area (Å²) < 4.78 is 29.1. The third-order valence-electron chi connectivity index (χ3n) is 13.1. The predicted molar refractivity (Wildman–Crippen MR) is 180 cm³/mol. The summed E-state index contributed by atoms with van der Waals surface area (Å²) in [4.78, 5) is 12.6. The van der Waals surface area contributed by atoms with E-state index in [1.54, 1.807) is 12.7 Å². The van der Waals surface area contributed by atoms with Gasteiger partial charge in [0.15, 0.2) is 8.32 Å². The molecule has 4 aliphatic carbocycles. The highest BCUT2D eigenvalue weighted by Gasteiger charge is 2.62. The summed E-state index contributed by atoms with van der Waals surface area (Å²) in [5, 5.41) is 0.238. The van der Waals surface area contributed by atoms with Crippen molar-refractivity contribution in [3.63, 3.8) is 0 Å². The number of methoxy groups -OCH3 is 2. The summed E-state index contributed by atoms with van der Waals surface area (Å²) in [5.41, 5.74) is 0.914. The van der Waals surface area contributed by atoms with Crippen molar-refractivity contribution in [2.24, 2.45) is 34.5 Å². The molecule has 0 saturated heterocycles. The Morgan fingerprint density at radius 3 is 2.34 bits per heavy atom. The van der Waals surface area contributed by atoms with Gasteiger partial charge in [0.25, 0.3) is 0 Å².